The van der Waals surface area contributed by atoms with Gasteiger partial charge in [0.1, 0.15) is 5.75 Å². The number of methoxy groups -OCH3 is 1. The first-order valence-electron chi connectivity index (χ1n) is 5.33. The van der Waals surface area contributed by atoms with Crippen molar-refractivity contribution in [2.75, 3.05) is 25.1 Å². The SMILES string of the molecule is COc1cc(N=[N+]=[N-])ccc1N1CCCC1. The molecule has 0 unspecified atom stereocenters. The molecule has 16 heavy (non-hydrogen) atoms. The van der Waals surface area contributed by atoms with Gasteiger partial charge in [-0.1, -0.05) is 11.2 Å². The number of anilines is 1. The van der Waals surface area contributed by atoms with Crippen molar-refractivity contribution in [3.63, 3.8) is 0 Å². The summed E-state index contributed by atoms with van der Waals surface area (Å²) in [5, 5.41) is 3.57. The quantitative estimate of drug-likeness (QED) is 0.444. The number of benzene rings is 1. The van der Waals surface area contributed by atoms with Gasteiger partial charge in [-0.2, -0.15) is 0 Å². The van der Waals surface area contributed by atoms with Crippen LogP contribution in [0.2, 0.25) is 0 Å². The lowest BCUT2D eigenvalue weighted by atomic mass is 10.2. The molecule has 0 N–H and O–H groups in total. The molecule has 0 radical (unpaired) electrons. The van der Waals surface area contributed by atoms with Gasteiger partial charge in [-0.05, 0) is 30.5 Å². The zero-order chi connectivity index (χ0) is 11.4. The van der Waals surface area contributed by atoms with Crippen molar-refractivity contribution in [2.24, 2.45) is 5.11 Å². The zero-order valence-electron chi connectivity index (χ0n) is 9.26. The summed E-state index contributed by atoms with van der Waals surface area (Å²) in [4.78, 5) is 5.05. The highest BCUT2D eigenvalue weighted by Crippen LogP contribution is 2.34. The number of nitrogens with zero attached hydrogens (tertiary/aromatic N) is 4. The summed E-state index contributed by atoms with van der Waals surface area (Å²) in [6.45, 7) is 2.13. The highest BCUT2D eigenvalue weighted by Gasteiger charge is 2.16. The lowest BCUT2D eigenvalue weighted by Gasteiger charge is -2.20. The van der Waals surface area contributed by atoms with Crippen LogP contribution in [0.3, 0.4) is 0 Å². The molecular formula is C11H14N4O. The number of azide groups is 1. The Labute approximate surface area is 94.3 Å². The average molecular weight is 218 g/mol. The predicted octanol–water partition coefficient (Wildman–Crippen LogP) is 3.24. The van der Waals surface area contributed by atoms with E-state index in [2.05, 4.69) is 14.9 Å². The van der Waals surface area contributed by atoms with Crippen molar-refractivity contribution >= 4 is 11.4 Å². The molecule has 0 aliphatic carbocycles. The van der Waals surface area contributed by atoms with Gasteiger partial charge in [-0.15, -0.1) is 0 Å². The summed E-state index contributed by atoms with van der Waals surface area (Å²) in [6.07, 6.45) is 2.45. The third kappa shape index (κ3) is 2.04. The van der Waals surface area contributed by atoms with Gasteiger partial charge >= 0.3 is 0 Å². The first kappa shape index (κ1) is 10.6. The van der Waals surface area contributed by atoms with Crippen molar-refractivity contribution < 1.29 is 4.74 Å². The number of ether oxygens (including phenoxy) is 1. The van der Waals surface area contributed by atoms with Crippen molar-refractivity contribution in [1.29, 1.82) is 0 Å². The van der Waals surface area contributed by atoms with E-state index in [4.69, 9.17) is 10.3 Å². The molecule has 0 spiro atoms. The minimum Gasteiger partial charge on any atom is -0.495 e. The molecule has 1 aromatic rings. The summed E-state index contributed by atoms with van der Waals surface area (Å²) in [6, 6.07) is 5.54. The Bertz CT molecular complexity index is 420. The molecule has 0 bridgehead atoms. The minimum atomic E-state index is 0.585. The van der Waals surface area contributed by atoms with E-state index in [1.54, 1.807) is 13.2 Å². The summed E-state index contributed by atoms with van der Waals surface area (Å²) in [5.41, 5.74) is 10.0. The standard InChI is InChI=1S/C11H14N4O/c1-16-11-8-9(13-14-12)4-5-10(11)15-6-2-3-7-15/h4-5,8H,2-3,6-7H2,1H3. The topological polar surface area (TPSA) is 61.2 Å². The zero-order valence-corrected chi connectivity index (χ0v) is 9.26. The van der Waals surface area contributed by atoms with E-state index in [0.717, 1.165) is 24.5 Å². The summed E-state index contributed by atoms with van der Waals surface area (Å²) >= 11 is 0. The summed E-state index contributed by atoms with van der Waals surface area (Å²) in [7, 11) is 1.63. The molecule has 84 valence electrons. The molecule has 1 heterocycles. The summed E-state index contributed by atoms with van der Waals surface area (Å²) < 4.78 is 5.32. The monoisotopic (exact) mass is 218 g/mol. The normalized spacial score (nSPS) is 14.7. The minimum absolute atomic E-state index is 0.585. The maximum Gasteiger partial charge on any atom is 0.142 e. The molecule has 1 fully saturated rings. The van der Waals surface area contributed by atoms with E-state index in [9.17, 15) is 0 Å². The first-order chi connectivity index (χ1) is 7.85. The van der Waals surface area contributed by atoms with Gasteiger partial charge in [0.2, 0.25) is 0 Å². The highest BCUT2D eigenvalue weighted by atomic mass is 16.5. The van der Waals surface area contributed by atoms with Crippen LogP contribution >= 0.6 is 0 Å². The number of rotatable bonds is 3. The Balaban J connectivity index is 2.33. The van der Waals surface area contributed by atoms with E-state index < -0.39 is 0 Å². The molecule has 0 saturated carbocycles. The van der Waals surface area contributed by atoms with Crippen LogP contribution in [0.15, 0.2) is 23.3 Å². The van der Waals surface area contributed by atoms with Crippen molar-refractivity contribution in [3.05, 3.63) is 28.6 Å². The molecule has 1 aliphatic heterocycles. The van der Waals surface area contributed by atoms with Gasteiger partial charge in [0.25, 0.3) is 0 Å². The summed E-state index contributed by atoms with van der Waals surface area (Å²) in [5.74, 6) is 0.770. The van der Waals surface area contributed by atoms with Crippen LogP contribution in [0.25, 0.3) is 10.4 Å². The molecule has 1 aliphatic rings. The predicted molar refractivity (Wildman–Crippen MR) is 63.2 cm³/mol. The first-order valence-corrected chi connectivity index (χ1v) is 5.33. The van der Waals surface area contributed by atoms with Crippen molar-refractivity contribution in [3.8, 4) is 5.75 Å². The lowest BCUT2D eigenvalue weighted by molar-refractivity contribution is 0.415. The number of hydrogen-bond donors (Lipinski definition) is 0. The molecule has 2 rings (SSSR count). The molecule has 5 nitrogen and oxygen atoms in total. The second-order valence-electron chi connectivity index (χ2n) is 3.74. The van der Waals surface area contributed by atoms with Gasteiger partial charge in [0, 0.05) is 23.7 Å². The highest BCUT2D eigenvalue weighted by molar-refractivity contribution is 5.64. The van der Waals surface area contributed by atoms with Crippen LogP contribution in [-0.2, 0) is 0 Å². The fraction of sp³-hybridized carbons (Fsp3) is 0.455. The molecule has 0 aromatic heterocycles. The van der Waals surface area contributed by atoms with Crippen LogP contribution in [0.5, 0.6) is 5.75 Å². The van der Waals surface area contributed by atoms with E-state index >= 15 is 0 Å². The Morgan fingerprint density at radius 1 is 1.38 bits per heavy atom. The van der Waals surface area contributed by atoms with Crippen LogP contribution in [0.4, 0.5) is 11.4 Å². The maximum atomic E-state index is 8.37. The Morgan fingerprint density at radius 2 is 2.12 bits per heavy atom. The number of hydrogen-bond acceptors (Lipinski definition) is 3. The van der Waals surface area contributed by atoms with E-state index in [0.29, 0.717) is 5.69 Å². The second kappa shape index (κ2) is 4.77. The Hall–Kier alpha value is -1.87. The lowest BCUT2D eigenvalue weighted by Crippen LogP contribution is -2.18. The van der Waals surface area contributed by atoms with E-state index in [1.165, 1.54) is 12.8 Å². The molecular weight excluding hydrogens is 204 g/mol. The van der Waals surface area contributed by atoms with Crippen LogP contribution in [-0.4, -0.2) is 20.2 Å². The molecule has 5 heteroatoms. The third-order valence-electron chi connectivity index (χ3n) is 2.77. The molecule has 1 saturated heterocycles. The van der Waals surface area contributed by atoms with Gasteiger partial charge in [-0.25, -0.2) is 0 Å². The van der Waals surface area contributed by atoms with Gasteiger partial charge in [0.15, 0.2) is 0 Å². The Kier molecular flexibility index (Phi) is 3.17. The van der Waals surface area contributed by atoms with Gasteiger partial charge in [0.05, 0.1) is 12.8 Å². The second-order valence-corrected chi connectivity index (χ2v) is 3.74. The van der Waals surface area contributed by atoms with Crippen LogP contribution in [0, 0.1) is 0 Å². The smallest absolute Gasteiger partial charge is 0.142 e. The van der Waals surface area contributed by atoms with Crippen LogP contribution in [0.1, 0.15) is 12.8 Å². The fourth-order valence-electron chi connectivity index (χ4n) is 2.00. The third-order valence-corrected chi connectivity index (χ3v) is 2.77. The van der Waals surface area contributed by atoms with Gasteiger partial charge < -0.3 is 9.64 Å². The average Bonchev–Trinajstić information content (AvgIpc) is 2.83. The fourth-order valence-corrected chi connectivity index (χ4v) is 2.00. The largest absolute Gasteiger partial charge is 0.495 e. The van der Waals surface area contributed by atoms with E-state index in [1.807, 2.05) is 12.1 Å². The molecule has 0 amide bonds. The van der Waals surface area contributed by atoms with E-state index in [-0.39, 0.29) is 0 Å². The molecule has 0 atom stereocenters. The van der Waals surface area contributed by atoms with Crippen molar-refractivity contribution in [1.82, 2.24) is 0 Å². The van der Waals surface area contributed by atoms with Crippen LogP contribution < -0.4 is 9.64 Å². The van der Waals surface area contributed by atoms with Crippen molar-refractivity contribution in [2.45, 2.75) is 12.8 Å². The Morgan fingerprint density at radius 3 is 2.75 bits per heavy atom. The van der Waals surface area contributed by atoms with Gasteiger partial charge in [-0.3, -0.25) is 0 Å². The maximum absolute atomic E-state index is 8.37. The molecule has 1 aromatic carbocycles.